The zero-order chi connectivity index (χ0) is 16.4. The van der Waals surface area contributed by atoms with Gasteiger partial charge in [-0.2, -0.15) is 0 Å². The van der Waals surface area contributed by atoms with Crippen molar-refractivity contribution in [3.05, 3.63) is 65.6 Å². The van der Waals surface area contributed by atoms with E-state index in [-0.39, 0.29) is 12.3 Å². The number of fused-ring (bicyclic) bond motifs is 1. The summed E-state index contributed by atoms with van der Waals surface area (Å²) in [6.45, 7) is 2.00. The normalized spacial score (nSPS) is 12.3. The molecule has 0 aliphatic carbocycles. The van der Waals surface area contributed by atoms with Crippen LogP contribution in [0.2, 0.25) is 0 Å². The van der Waals surface area contributed by atoms with Crippen molar-refractivity contribution in [2.75, 3.05) is 7.11 Å². The Morgan fingerprint density at radius 2 is 2.09 bits per heavy atom. The number of aliphatic carboxylic acids is 1. The number of aryl methyl sites for hydroxylation is 1. The Bertz CT molecular complexity index is 854. The lowest BCUT2D eigenvalue weighted by atomic mass is 9.92. The number of ether oxygens (including phenoxy) is 1. The fraction of sp³-hybridized carbons (Fsp3) is 0.222. The summed E-state index contributed by atoms with van der Waals surface area (Å²) in [6.07, 6.45) is 3.69. The van der Waals surface area contributed by atoms with Crippen LogP contribution in [0, 0.1) is 6.92 Å². The molecule has 3 aromatic rings. The van der Waals surface area contributed by atoms with E-state index in [0.717, 1.165) is 22.5 Å². The van der Waals surface area contributed by atoms with Crippen molar-refractivity contribution < 1.29 is 14.6 Å². The molecule has 0 amide bonds. The highest BCUT2D eigenvalue weighted by Gasteiger charge is 2.24. The summed E-state index contributed by atoms with van der Waals surface area (Å²) in [5.74, 6) is -0.509. The van der Waals surface area contributed by atoms with E-state index < -0.39 is 5.97 Å². The van der Waals surface area contributed by atoms with Crippen LogP contribution >= 0.6 is 0 Å². The molecule has 1 atom stereocenters. The van der Waals surface area contributed by atoms with Crippen LogP contribution in [0.25, 0.3) is 5.65 Å². The molecule has 0 saturated carbocycles. The monoisotopic (exact) mass is 310 g/mol. The van der Waals surface area contributed by atoms with Crippen LogP contribution in [-0.2, 0) is 4.79 Å². The lowest BCUT2D eigenvalue weighted by molar-refractivity contribution is -0.137. The summed E-state index contributed by atoms with van der Waals surface area (Å²) in [6, 6.07) is 11.4. The molecule has 23 heavy (non-hydrogen) atoms. The molecule has 3 rings (SSSR count). The number of imidazole rings is 1. The minimum atomic E-state index is -0.858. The number of hydrogen-bond donors (Lipinski definition) is 1. The average molecular weight is 310 g/mol. The first-order valence-corrected chi connectivity index (χ1v) is 7.38. The predicted molar refractivity (Wildman–Crippen MR) is 87.0 cm³/mol. The first-order chi connectivity index (χ1) is 11.1. The molecule has 0 bridgehead atoms. The quantitative estimate of drug-likeness (QED) is 0.785. The maximum absolute atomic E-state index is 11.4. The predicted octanol–water partition coefficient (Wildman–Crippen LogP) is 3.26. The second-order valence-electron chi connectivity index (χ2n) is 5.51. The molecule has 5 nitrogen and oxygen atoms in total. The van der Waals surface area contributed by atoms with Crippen LogP contribution in [0.1, 0.15) is 29.2 Å². The number of nitrogens with zero attached hydrogens (tertiary/aromatic N) is 2. The van der Waals surface area contributed by atoms with Gasteiger partial charge in [-0.1, -0.05) is 24.3 Å². The minimum Gasteiger partial charge on any atom is -0.496 e. The van der Waals surface area contributed by atoms with E-state index in [1.165, 1.54) is 0 Å². The zero-order valence-electron chi connectivity index (χ0n) is 13.1. The molecule has 0 aliphatic rings. The lowest BCUT2D eigenvalue weighted by Gasteiger charge is -2.18. The Morgan fingerprint density at radius 3 is 2.83 bits per heavy atom. The van der Waals surface area contributed by atoms with E-state index in [2.05, 4.69) is 4.98 Å². The van der Waals surface area contributed by atoms with Gasteiger partial charge in [-0.25, -0.2) is 4.98 Å². The van der Waals surface area contributed by atoms with E-state index in [1.807, 2.05) is 53.9 Å². The fourth-order valence-electron chi connectivity index (χ4n) is 2.87. The molecule has 5 heteroatoms. The van der Waals surface area contributed by atoms with Gasteiger partial charge < -0.3 is 14.2 Å². The van der Waals surface area contributed by atoms with Crippen LogP contribution < -0.4 is 4.74 Å². The number of hydrogen-bond acceptors (Lipinski definition) is 3. The second-order valence-corrected chi connectivity index (χ2v) is 5.51. The third-order valence-corrected chi connectivity index (χ3v) is 3.93. The molecule has 0 fully saturated rings. The molecule has 0 aliphatic heterocycles. The van der Waals surface area contributed by atoms with E-state index in [0.29, 0.717) is 5.75 Å². The molecule has 2 heterocycles. The first kappa shape index (κ1) is 15.1. The Hall–Kier alpha value is -2.82. The Morgan fingerprint density at radius 1 is 1.30 bits per heavy atom. The maximum atomic E-state index is 11.4. The summed E-state index contributed by atoms with van der Waals surface area (Å²) in [5.41, 5.74) is 3.58. The number of aromatic nitrogens is 2. The van der Waals surface area contributed by atoms with Crippen molar-refractivity contribution in [2.24, 2.45) is 0 Å². The number of carbonyl (C=O) groups is 1. The summed E-state index contributed by atoms with van der Waals surface area (Å²) < 4.78 is 7.37. The van der Waals surface area contributed by atoms with Crippen molar-refractivity contribution in [1.29, 1.82) is 0 Å². The van der Waals surface area contributed by atoms with Gasteiger partial charge in [0.15, 0.2) is 0 Å². The molecule has 0 spiro atoms. The highest BCUT2D eigenvalue weighted by Crippen LogP contribution is 2.34. The first-order valence-electron chi connectivity index (χ1n) is 7.38. The minimum absolute atomic E-state index is 0.0257. The molecule has 1 unspecified atom stereocenters. The number of carboxylic acid groups (broad SMARTS) is 1. The zero-order valence-corrected chi connectivity index (χ0v) is 13.1. The Kier molecular flexibility index (Phi) is 4.02. The lowest BCUT2D eigenvalue weighted by Crippen LogP contribution is -2.11. The summed E-state index contributed by atoms with van der Waals surface area (Å²) >= 11 is 0. The fourth-order valence-corrected chi connectivity index (χ4v) is 2.87. The van der Waals surface area contributed by atoms with E-state index in [9.17, 15) is 9.90 Å². The number of benzene rings is 1. The largest absolute Gasteiger partial charge is 0.496 e. The highest BCUT2D eigenvalue weighted by molar-refractivity contribution is 5.69. The number of rotatable bonds is 5. The molecule has 1 aromatic carbocycles. The number of pyridine rings is 1. The number of para-hydroxylation sites is 1. The van der Waals surface area contributed by atoms with Gasteiger partial charge in [-0.05, 0) is 24.6 Å². The third kappa shape index (κ3) is 2.90. The van der Waals surface area contributed by atoms with Crippen molar-refractivity contribution in [3.63, 3.8) is 0 Å². The smallest absolute Gasteiger partial charge is 0.304 e. The number of carboxylic acids is 1. The van der Waals surface area contributed by atoms with Crippen molar-refractivity contribution >= 4 is 11.6 Å². The standard InChI is InChI=1S/C18H18N2O3/c1-12-7-8-17-19-10-15(20(17)11-12)14(9-18(21)22)13-5-3-4-6-16(13)23-2/h3-8,10-11,14H,9H2,1-2H3,(H,21,22). The molecule has 1 N–H and O–H groups in total. The van der Waals surface area contributed by atoms with Gasteiger partial charge in [0, 0.05) is 23.9 Å². The van der Waals surface area contributed by atoms with Gasteiger partial charge in [0.25, 0.3) is 0 Å². The van der Waals surface area contributed by atoms with Gasteiger partial charge in [0.05, 0.1) is 19.2 Å². The average Bonchev–Trinajstić information content (AvgIpc) is 2.95. The number of methoxy groups -OCH3 is 1. The summed E-state index contributed by atoms with van der Waals surface area (Å²) in [5, 5.41) is 9.36. The van der Waals surface area contributed by atoms with E-state index >= 15 is 0 Å². The SMILES string of the molecule is COc1ccccc1C(CC(=O)O)c1cnc2ccc(C)cn12. The van der Waals surface area contributed by atoms with Crippen LogP contribution in [0.3, 0.4) is 0 Å². The van der Waals surface area contributed by atoms with Crippen LogP contribution in [0.5, 0.6) is 5.75 Å². The van der Waals surface area contributed by atoms with Crippen molar-refractivity contribution in [1.82, 2.24) is 9.38 Å². The van der Waals surface area contributed by atoms with Crippen LogP contribution in [-0.4, -0.2) is 27.6 Å². The van der Waals surface area contributed by atoms with Crippen LogP contribution in [0.15, 0.2) is 48.8 Å². The maximum Gasteiger partial charge on any atom is 0.304 e. The van der Waals surface area contributed by atoms with Crippen molar-refractivity contribution in [2.45, 2.75) is 19.3 Å². The van der Waals surface area contributed by atoms with E-state index in [1.54, 1.807) is 13.3 Å². The van der Waals surface area contributed by atoms with Gasteiger partial charge in [-0.3, -0.25) is 4.79 Å². The second kappa shape index (κ2) is 6.12. The van der Waals surface area contributed by atoms with Crippen LogP contribution in [0.4, 0.5) is 0 Å². The van der Waals surface area contributed by atoms with E-state index in [4.69, 9.17) is 4.74 Å². The molecular formula is C18H18N2O3. The molecule has 2 aromatic heterocycles. The molecule has 0 radical (unpaired) electrons. The van der Waals surface area contributed by atoms with Gasteiger partial charge in [-0.15, -0.1) is 0 Å². The topological polar surface area (TPSA) is 63.8 Å². The van der Waals surface area contributed by atoms with Crippen molar-refractivity contribution in [3.8, 4) is 5.75 Å². The highest BCUT2D eigenvalue weighted by atomic mass is 16.5. The third-order valence-electron chi connectivity index (χ3n) is 3.93. The summed E-state index contributed by atoms with van der Waals surface area (Å²) in [4.78, 5) is 15.8. The molecule has 0 saturated heterocycles. The van der Waals surface area contributed by atoms with Gasteiger partial charge in [0.1, 0.15) is 11.4 Å². The Labute approximate surface area is 134 Å². The Balaban J connectivity index is 2.18. The summed E-state index contributed by atoms with van der Waals surface area (Å²) in [7, 11) is 1.59. The van der Waals surface area contributed by atoms with Gasteiger partial charge in [0.2, 0.25) is 0 Å². The van der Waals surface area contributed by atoms with Gasteiger partial charge >= 0.3 is 5.97 Å². The molecular weight excluding hydrogens is 292 g/mol. The molecule has 118 valence electrons.